The summed E-state index contributed by atoms with van der Waals surface area (Å²) in [7, 11) is 1.61. The fourth-order valence-corrected chi connectivity index (χ4v) is 2.49. The Bertz CT molecular complexity index is 532. The van der Waals surface area contributed by atoms with Gasteiger partial charge in [0.25, 0.3) is 0 Å². The van der Waals surface area contributed by atoms with Crippen LogP contribution in [0.25, 0.3) is 0 Å². The second-order valence-corrected chi connectivity index (χ2v) is 6.45. The fourth-order valence-electron chi connectivity index (χ4n) is 2.49. The number of amides is 2. The lowest BCUT2D eigenvalue weighted by molar-refractivity contribution is -0.148. The molecule has 1 rings (SSSR count). The molecular weight excluding hydrogens is 304 g/mol. The Balaban J connectivity index is 2.70. The number of ether oxygens (including phenoxy) is 1. The van der Waals surface area contributed by atoms with Crippen molar-refractivity contribution < 1.29 is 14.3 Å². The largest absolute Gasteiger partial charge is 0.497 e. The summed E-state index contributed by atoms with van der Waals surface area (Å²) in [5, 5.41) is 2.87. The third-order valence-electron chi connectivity index (χ3n) is 3.99. The Labute approximate surface area is 145 Å². The highest BCUT2D eigenvalue weighted by Gasteiger charge is 2.38. The van der Waals surface area contributed by atoms with Crippen LogP contribution < -0.4 is 10.1 Å². The first-order chi connectivity index (χ1) is 11.4. The molecule has 0 aliphatic heterocycles. The Morgan fingerprint density at radius 1 is 1.08 bits per heavy atom. The van der Waals surface area contributed by atoms with Gasteiger partial charge in [-0.1, -0.05) is 26.0 Å². The third-order valence-corrected chi connectivity index (χ3v) is 3.99. The van der Waals surface area contributed by atoms with Crippen LogP contribution in [0.2, 0.25) is 0 Å². The first kappa shape index (κ1) is 20.0. The lowest BCUT2D eigenvalue weighted by Gasteiger charge is -2.30. The van der Waals surface area contributed by atoms with Gasteiger partial charge >= 0.3 is 0 Å². The lowest BCUT2D eigenvalue weighted by Crippen LogP contribution is -2.49. The number of nitrogens with zero attached hydrogens (tertiary/aromatic N) is 1. The molecule has 1 aromatic carbocycles. The van der Waals surface area contributed by atoms with Gasteiger partial charge in [-0.2, -0.15) is 0 Å². The molecule has 0 unspecified atom stereocenters. The predicted octanol–water partition coefficient (Wildman–Crippen LogP) is 2.99. The number of carbonyl (C=O) groups is 2. The third kappa shape index (κ3) is 5.25. The van der Waals surface area contributed by atoms with Gasteiger partial charge in [0.05, 0.1) is 7.11 Å². The molecule has 0 heterocycles. The number of benzene rings is 1. The molecule has 24 heavy (non-hydrogen) atoms. The van der Waals surface area contributed by atoms with Crippen LogP contribution in [0.5, 0.6) is 5.75 Å². The molecule has 0 bridgehead atoms. The number of carbonyl (C=O) groups excluding carboxylic acids is 2. The van der Waals surface area contributed by atoms with Crippen molar-refractivity contribution in [2.75, 3.05) is 20.2 Å². The van der Waals surface area contributed by atoms with Crippen LogP contribution in [-0.2, 0) is 16.1 Å². The monoisotopic (exact) mass is 334 g/mol. The van der Waals surface area contributed by atoms with Crippen molar-refractivity contribution in [1.29, 1.82) is 0 Å². The lowest BCUT2D eigenvalue weighted by atomic mass is 9.90. The summed E-state index contributed by atoms with van der Waals surface area (Å²) < 4.78 is 5.12. The molecular formula is C19H30N2O3. The predicted molar refractivity (Wildman–Crippen MR) is 95.8 cm³/mol. The van der Waals surface area contributed by atoms with Crippen LogP contribution in [0.3, 0.4) is 0 Å². The van der Waals surface area contributed by atoms with E-state index in [1.54, 1.807) is 25.9 Å². The molecule has 1 N–H and O–H groups in total. The normalized spacial score (nSPS) is 11.0. The van der Waals surface area contributed by atoms with Gasteiger partial charge in [-0.3, -0.25) is 9.59 Å². The summed E-state index contributed by atoms with van der Waals surface area (Å²) in [5.74, 6) is 0.411. The maximum atomic E-state index is 12.7. The van der Waals surface area contributed by atoms with E-state index in [1.807, 2.05) is 38.1 Å². The molecule has 0 spiro atoms. The second kappa shape index (κ2) is 9.30. The summed E-state index contributed by atoms with van der Waals surface area (Å²) in [6.45, 7) is 9.21. The van der Waals surface area contributed by atoms with Gasteiger partial charge in [-0.25, -0.2) is 0 Å². The summed E-state index contributed by atoms with van der Waals surface area (Å²) in [6, 6.07) is 7.49. The Kier molecular flexibility index (Phi) is 7.75. The van der Waals surface area contributed by atoms with Crippen molar-refractivity contribution in [3.05, 3.63) is 29.8 Å². The Morgan fingerprint density at radius 3 is 2.08 bits per heavy atom. The van der Waals surface area contributed by atoms with Crippen LogP contribution in [-0.4, -0.2) is 36.9 Å². The van der Waals surface area contributed by atoms with Gasteiger partial charge in [0.1, 0.15) is 11.2 Å². The SMILES string of the molecule is CCCN(CCC)C(=O)C(C)(C)C(=O)NCc1ccc(OC)cc1. The minimum Gasteiger partial charge on any atom is -0.497 e. The molecule has 0 fully saturated rings. The van der Waals surface area contributed by atoms with E-state index in [9.17, 15) is 9.59 Å². The van der Waals surface area contributed by atoms with Gasteiger partial charge in [0, 0.05) is 19.6 Å². The summed E-state index contributed by atoms with van der Waals surface area (Å²) >= 11 is 0. The van der Waals surface area contributed by atoms with Crippen molar-refractivity contribution >= 4 is 11.8 Å². The number of hydrogen-bond acceptors (Lipinski definition) is 3. The highest BCUT2D eigenvalue weighted by Crippen LogP contribution is 2.20. The summed E-state index contributed by atoms with van der Waals surface area (Å²) in [4.78, 5) is 27.0. The van der Waals surface area contributed by atoms with Crippen molar-refractivity contribution in [1.82, 2.24) is 10.2 Å². The average molecular weight is 334 g/mol. The highest BCUT2D eigenvalue weighted by atomic mass is 16.5. The maximum absolute atomic E-state index is 12.7. The standard InChI is InChI=1S/C19H30N2O3/c1-6-12-21(13-7-2)18(23)19(3,4)17(22)20-14-15-8-10-16(24-5)11-9-15/h8-11H,6-7,12-14H2,1-5H3,(H,20,22). The first-order valence-corrected chi connectivity index (χ1v) is 8.57. The number of rotatable bonds is 9. The van der Waals surface area contributed by atoms with E-state index in [-0.39, 0.29) is 11.8 Å². The minimum absolute atomic E-state index is 0.113. The van der Waals surface area contributed by atoms with Crippen LogP contribution >= 0.6 is 0 Å². The van der Waals surface area contributed by atoms with Gasteiger partial charge in [-0.15, -0.1) is 0 Å². The minimum atomic E-state index is -1.07. The molecule has 2 amide bonds. The van der Waals surface area contributed by atoms with Crippen LogP contribution in [0.4, 0.5) is 0 Å². The van der Waals surface area contributed by atoms with E-state index in [2.05, 4.69) is 5.32 Å². The van der Waals surface area contributed by atoms with Gasteiger partial charge in [-0.05, 0) is 44.4 Å². The Morgan fingerprint density at radius 2 is 1.62 bits per heavy atom. The molecule has 1 aromatic rings. The summed E-state index contributed by atoms with van der Waals surface area (Å²) in [5.41, 5.74) is -0.108. The average Bonchev–Trinajstić information content (AvgIpc) is 2.59. The second-order valence-electron chi connectivity index (χ2n) is 6.45. The molecule has 0 saturated carbocycles. The van der Waals surface area contributed by atoms with E-state index < -0.39 is 5.41 Å². The van der Waals surface area contributed by atoms with Gasteiger partial charge < -0.3 is 15.0 Å². The van der Waals surface area contributed by atoms with Crippen molar-refractivity contribution in [2.45, 2.75) is 47.1 Å². The molecule has 0 saturated heterocycles. The highest BCUT2D eigenvalue weighted by molar-refractivity contribution is 6.04. The first-order valence-electron chi connectivity index (χ1n) is 8.57. The molecule has 0 aromatic heterocycles. The van der Waals surface area contributed by atoms with Crippen LogP contribution in [0, 0.1) is 5.41 Å². The van der Waals surface area contributed by atoms with E-state index >= 15 is 0 Å². The Hall–Kier alpha value is -2.04. The molecule has 0 atom stereocenters. The van der Waals surface area contributed by atoms with Gasteiger partial charge in [0.15, 0.2) is 0 Å². The summed E-state index contributed by atoms with van der Waals surface area (Å²) in [6.07, 6.45) is 1.77. The number of methoxy groups -OCH3 is 1. The maximum Gasteiger partial charge on any atom is 0.237 e. The molecule has 0 aliphatic carbocycles. The van der Waals surface area contributed by atoms with E-state index in [4.69, 9.17) is 4.74 Å². The molecule has 5 heteroatoms. The fraction of sp³-hybridized carbons (Fsp3) is 0.579. The quantitative estimate of drug-likeness (QED) is 0.706. The zero-order valence-electron chi connectivity index (χ0n) is 15.5. The molecule has 134 valence electrons. The van der Waals surface area contributed by atoms with E-state index in [0.29, 0.717) is 19.6 Å². The van der Waals surface area contributed by atoms with E-state index in [1.165, 1.54) is 0 Å². The zero-order valence-corrected chi connectivity index (χ0v) is 15.5. The van der Waals surface area contributed by atoms with Crippen molar-refractivity contribution in [2.24, 2.45) is 5.41 Å². The smallest absolute Gasteiger partial charge is 0.237 e. The van der Waals surface area contributed by atoms with Crippen LogP contribution in [0.1, 0.15) is 46.1 Å². The van der Waals surface area contributed by atoms with E-state index in [0.717, 1.165) is 24.2 Å². The van der Waals surface area contributed by atoms with Gasteiger partial charge in [0.2, 0.25) is 11.8 Å². The molecule has 0 radical (unpaired) electrons. The topological polar surface area (TPSA) is 58.6 Å². The number of hydrogen-bond donors (Lipinski definition) is 1. The zero-order chi connectivity index (χ0) is 18.2. The number of nitrogens with one attached hydrogen (secondary N) is 1. The van der Waals surface area contributed by atoms with Crippen LogP contribution in [0.15, 0.2) is 24.3 Å². The molecule has 0 aliphatic rings. The van der Waals surface area contributed by atoms with Crippen molar-refractivity contribution in [3.8, 4) is 5.75 Å². The van der Waals surface area contributed by atoms with Crippen molar-refractivity contribution in [3.63, 3.8) is 0 Å². The molecule has 5 nitrogen and oxygen atoms in total.